The Hall–Kier alpha value is -0.590. The van der Waals surface area contributed by atoms with Gasteiger partial charge in [-0.2, -0.15) is 0 Å². The molecular formula is C11H11BrClNO3S. The third-order valence-corrected chi connectivity index (χ3v) is 5.35. The minimum Gasteiger partial charge on any atom is -0.268 e. The van der Waals surface area contributed by atoms with Crippen molar-refractivity contribution in [1.82, 2.24) is 4.31 Å². The largest absolute Gasteiger partial charge is 0.269 e. The number of rotatable bonds is 4. The summed E-state index contributed by atoms with van der Waals surface area (Å²) in [5.41, 5.74) is 0.168. The number of hydrogen-bond donors (Lipinski definition) is 0. The van der Waals surface area contributed by atoms with Crippen LogP contribution in [0.5, 0.6) is 0 Å². The van der Waals surface area contributed by atoms with E-state index in [4.69, 9.17) is 11.6 Å². The van der Waals surface area contributed by atoms with Gasteiger partial charge in [0.2, 0.25) is 0 Å². The lowest BCUT2D eigenvalue weighted by Crippen LogP contribution is -2.31. The first-order valence-corrected chi connectivity index (χ1v) is 8.35. The van der Waals surface area contributed by atoms with Gasteiger partial charge in [-0.25, -0.2) is 12.7 Å². The molecule has 0 unspecified atom stereocenters. The third kappa shape index (κ3) is 2.29. The summed E-state index contributed by atoms with van der Waals surface area (Å²) in [4.78, 5) is 12.1. The summed E-state index contributed by atoms with van der Waals surface area (Å²) in [6, 6.07) is 4.27. The monoisotopic (exact) mass is 351 g/mol. The van der Waals surface area contributed by atoms with E-state index < -0.39 is 15.9 Å². The highest BCUT2D eigenvalue weighted by atomic mass is 79.9. The van der Waals surface area contributed by atoms with Gasteiger partial charge in [-0.3, -0.25) is 4.79 Å². The maximum atomic E-state index is 12.2. The number of hydrogen-bond acceptors (Lipinski definition) is 3. The Morgan fingerprint density at radius 2 is 2.00 bits per heavy atom. The Morgan fingerprint density at radius 1 is 1.28 bits per heavy atom. The highest BCUT2D eigenvalue weighted by Crippen LogP contribution is 2.32. The molecule has 2 rings (SSSR count). The van der Waals surface area contributed by atoms with Gasteiger partial charge in [-0.1, -0.05) is 27.5 Å². The number of halogens is 2. The number of carbonyl (C=O) groups is 1. The molecule has 0 fully saturated rings. The first-order valence-electron chi connectivity index (χ1n) is 5.41. The van der Waals surface area contributed by atoms with E-state index in [1.807, 2.05) is 0 Å². The van der Waals surface area contributed by atoms with E-state index in [-0.39, 0.29) is 17.0 Å². The molecule has 1 aromatic rings. The molecule has 0 aromatic heterocycles. The van der Waals surface area contributed by atoms with E-state index in [0.29, 0.717) is 11.4 Å². The van der Waals surface area contributed by atoms with Crippen LogP contribution in [0.2, 0.25) is 5.02 Å². The Labute approximate surface area is 119 Å². The Kier molecular flexibility index (Phi) is 3.99. The third-order valence-electron chi connectivity index (χ3n) is 2.71. The van der Waals surface area contributed by atoms with Gasteiger partial charge < -0.3 is 0 Å². The van der Waals surface area contributed by atoms with Crippen molar-refractivity contribution in [1.29, 1.82) is 0 Å². The summed E-state index contributed by atoms with van der Waals surface area (Å²) in [5, 5.41) is 1.15. The minimum atomic E-state index is -3.68. The quantitative estimate of drug-likeness (QED) is 0.618. The van der Waals surface area contributed by atoms with Crippen molar-refractivity contribution in [2.24, 2.45) is 0 Å². The van der Waals surface area contributed by atoms with Crippen molar-refractivity contribution < 1.29 is 13.2 Å². The van der Waals surface area contributed by atoms with Crippen LogP contribution in [0.15, 0.2) is 23.1 Å². The zero-order valence-corrected chi connectivity index (χ0v) is 12.6. The van der Waals surface area contributed by atoms with Gasteiger partial charge in [-0.05, 0) is 31.0 Å². The molecule has 0 saturated heterocycles. The number of carbonyl (C=O) groups excluding carboxylic acids is 1. The second-order valence-electron chi connectivity index (χ2n) is 3.92. The summed E-state index contributed by atoms with van der Waals surface area (Å²) < 4.78 is 25.2. The fraction of sp³-hybridized carbons (Fsp3) is 0.364. The summed E-state index contributed by atoms with van der Waals surface area (Å²) in [6.07, 6.45) is 1.45. The molecule has 1 aliphatic rings. The number of unbranched alkanes of at least 4 members (excludes halogenated alkanes) is 1. The molecule has 1 heterocycles. The van der Waals surface area contributed by atoms with Crippen molar-refractivity contribution in [2.45, 2.75) is 17.7 Å². The molecule has 0 N–H and O–H groups in total. The molecule has 0 aliphatic carbocycles. The summed E-state index contributed by atoms with van der Waals surface area (Å²) in [7, 11) is -3.68. The molecule has 1 aliphatic heterocycles. The minimum absolute atomic E-state index is 0.0516. The van der Waals surface area contributed by atoms with Crippen LogP contribution in [-0.4, -0.2) is 30.5 Å². The molecule has 0 bridgehead atoms. The van der Waals surface area contributed by atoms with Crippen LogP contribution in [0.4, 0.5) is 0 Å². The zero-order valence-electron chi connectivity index (χ0n) is 9.40. The number of fused-ring (bicyclic) bond motifs is 1. The van der Waals surface area contributed by atoms with Crippen LogP contribution in [0.3, 0.4) is 0 Å². The second kappa shape index (κ2) is 5.19. The van der Waals surface area contributed by atoms with Crippen LogP contribution in [0, 0.1) is 0 Å². The van der Waals surface area contributed by atoms with E-state index in [0.717, 1.165) is 16.1 Å². The Balaban J connectivity index is 2.35. The first kappa shape index (κ1) is 13.8. The first-order chi connectivity index (χ1) is 8.48. The van der Waals surface area contributed by atoms with Crippen molar-refractivity contribution >= 4 is 43.5 Å². The van der Waals surface area contributed by atoms with Gasteiger partial charge in [0.15, 0.2) is 0 Å². The topological polar surface area (TPSA) is 54.5 Å². The molecular weight excluding hydrogens is 342 g/mol. The standard InChI is InChI=1S/C11H11BrClNO3S/c12-5-1-2-6-14-11(15)9-7-8(13)3-4-10(9)18(14,16)17/h3-4,7H,1-2,5-6H2. The molecule has 0 radical (unpaired) electrons. The predicted molar refractivity (Wildman–Crippen MR) is 72.7 cm³/mol. The fourth-order valence-electron chi connectivity index (χ4n) is 1.83. The average Bonchev–Trinajstić information content (AvgIpc) is 2.50. The molecule has 0 saturated carbocycles. The molecule has 98 valence electrons. The van der Waals surface area contributed by atoms with Crippen LogP contribution >= 0.6 is 27.5 Å². The predicted octanol–water partition coefficient (Wildman–Crippen LogP) is 2.66. The highest BCUT2D eigenvalue weighted by molar-refractivity contribution is 9.09. The van der Waals surface area contributed by atoms with Crippen LogP contribution < -0.4 is 0 Å². The van der Waals surface area contributed by atoms with Crippen LogP contribution in [0.1, 0.15) is 23.2 Å². The van der Waals surface area contributed by atoms with Gasteiger partial charge in [0, 0.05) is 16.9 Å². The maximum absolute atomic E-state index is 12.2. The molecule has 0 spiro atoms. The van der Waals surface area contributed by atoms with Gasteiger partial charge >= 0.3 is 0 Å². The normalized spacial score (nSPS) is 17.0. The average molecular weight is 353 g/mol. The lowest BCUT2D eigenvalue weighted by atomic mass is 10.2. The van der Waals surface area contributed by atoms with E-state index in [1.54, 1.807) is 0 Å². The van der Waals surface area contributed by atoms with E-state index in [2.05, 4.69) is 15.9 Å². The number of benzene rings is 1. The fourth-order valence-corrected chi connectivity index (χ4v) is 3.98. The summed E-state index contributed by atoms with van der Waals surface area (Å²) >= 11 is 9.05. The molecule has 0 atom stereocenters. The SMILES string of the molecule is O=C1c2cc(Cl)ccc2S(=O)(=O)N1CCCCBr. The van der Waals surface area contributed by atoms with E-state index in [1.165, 1.54) is 18.2 Å². The van der Waals surface area contributed by atoms with Crippen LogP contribution in [-0.2, 0) is 10.0 Å². The Morgan fingerprint density at radius 3 is 2.67 bits per heavy atom. The lowest BCUT2D eigenvalue weighted by Gasteiger charge is -2.14. The molecule has 4 nitrogen and oxygen atoms in total. The smallest absolute Gasteiger partial charge is 0.268 e. The van der Waals surface area contributed by atoms with Crippen molar-refractivity contribution in [3.8, 4) is 0 Å². The lowest BCUT2D eigenvalue weighted by molar-refractivity contribution is 0.0870. The molecule has 18 heavy (non-hydrogen) atoms. The van der Waals surface area contributed by atoms with Crippen LogP contribution in [0.25, 0.3) is 0 Å². The maximum Gasteiger partial charge on any atom is 0.269 e. The molecule has 7 heteroatoms. The Bertz CT molecular complexity index is 588. The van der Waals surface area contributed by atoms with Gasteiger partial charge in [-0.15, -0.1) is 0 Å². The van der Waals surface area contributed by atoms with Crippen molar-refractivity contribution in [3.63, 3.8) is 0 Å². The molecule has 1 amide bonds. The van der Waals surface area contributed by atoms with E-state index in [9.17, 15) is 13.2 Å². The van der Waals surface area contributed by atoms with E-state index >= 15 is 0 Å². The number of alkyl halides is 1. The summed E-state index contributed by atoms with van der Waals surface area (Å²) in [5.74, 6) is -0.484. The van der Waals surface area contributed by atoms with Gasteiger partial charge in [0.05, 0.1) is 5.56 Å². The number of sulfonamides is 1. The van der Waals surface area contributed by atoms with Crippen molar-refractivity contribution in [2.75, 3.05) is 11.9 Å². The number of nitrogens with zero attached hydrogens (tertiary/aromatic N) is 1. The highest BCUT2D eigenvalue weighted by Gasteiger charge is 2.40. The number of amides is 1. The summed E-state index contributed by atoms with van der Waals surface area (Å²) in [6.45, 7) is 0.207. The van der Waals surface area contributed by atoms with Gasteiger partial charge in [0.25, 0.3) is 15.9 Å². The zero-order chi connectivity index (χ0) is 13.3. The van der Waals surface area contributed by atoms with Gasteiger partial charge in [0.1, 0.15) is 4.90 Å². The van der Waals surface area contributed by atoms with Crippen molar-refractivity contribution in [3.05, 3.63) is 28.8 Å². The molecule has 1 aromatic carbocycles. The second-order valence-corrected chi connectivity index (χ2v) is 6.98.